The molecule has 5 atom stereocenters. The fourth-order valence-corrected chi connectivity index (χ4v) is 13.5. The fraction of sp³-hybridized carbons (Fsp3) is 0.948. The van der Waals surface area contributed by atoms with Gasteiger partial charge >= 0.3 is 39.5 Å². The molecule has 0 aromatic heterocycles. The molecule has 0 saturated carbocycles. The van der Waals surface area contributed by atoms with Crippen molar-refractivity contribution in [3.63, 3.8) is 0 Å². The first-order valence-electron chi connectivity index (χ1n) is 40.3. The van der Waals surface area contributed by atoms with Gasteiger partial charge in [-0.15, -0.1) is 0 Å². The van der Waals surface area contributed by atoms with Gasteiger partial charge in [0.2, 0.25) is 0 Å². The summed E-state index contributed by atoms with van der Waals surface area (Å²) in [5.41, 5.74) is 0. The Kier molecular flexibility index (Phi) is 70.0. The lowest BCUT2D eigenvalue weighted by Crippen LogP contribution is -2.30. The summed E-state index contributed by atoms with van der Waals surface area (Å²) in [5.74, 6) is -2.11. The van der Waals surface area contributed by atoms with Crippen molar-refractivity contribution in [2.75, 3.05) is 39.6 Å². The second kappa shape index (κ2) is 71.5. The molecule has 570 valence electrons. The summed E-state index contributed by atoms with van der Waals surface area (Å²) in [5, 5.41) is 10.6. The molecular weight excluding hydrogens is 1260 g/mol. The van der Waals surface area contributed by atoms with Crippen LogP contribution in [0.1, 0.15) is 413 Å². The van der Waals surface area contributed by atoms with Crippen molar-refractivity contribution in [3.8, 4) is 0 Å². The highest BCUT2D eigenvalue weighted by Crippen LogP contribution is 2.45. The zero-order chi connectivity index (χ0) is 70.4. The van der Waals surface area contributed by atoms with E-state index in [-0.39, 0.29) is 25.7 Å². The van der Waals surface area contributed by atoms with Gasteiger partial charge in [0.25, 0.3) is 0 Å². The van der Waals surface area contributed by atoms with Crippen LogP contribution in [0, 0.1) is 0 Å². The number of carbonyl (C=O) groups excluding carboxylic acids is 4. The van der Waals surface area contributed by atoms with Crippen LogP contribution in [0.2, 0.25) is 0 Å². The SMILES string of the molecule is CCCCCCCCCCCCCCCCCCCCCCC(=O)O[C@H](COC(=O)CCCCCCCCCCCCCCC)COP(=O)(O)OC[C@@H](O)COP(=O)(O)OC[C@@H](COC(=O)CCCCCCCCCCCCC)OC(=O)CCCCCCCCCCCCCC. The van der Waals surface area contributed by atoms with Gasteiger partial charge in [-0.25, -0.2) is 9.13 Å². The zero-order valence-electron chi connectivity index (χ0n) is 62.4. The Morgan fingerprint density at radius 3 is 0.615 bits per heavy atom. The summed E-state index contributed by atoms with van der Waals surface area (Å²) < 4.78 is 68.6. The minimum absolute atomic E-state index is 0.108. The third-order valence-electron chi connectivity index (χ3n) is 18.1. The van der Waals surface area contributed by atoms with E-state index in [1.165, 1.54) is 244 Å². The molecule has 0 amide bonds. The number of aliphatic hydroxyl groups excluding tert-OH is 1. The summed E-state index contributed by atoms with van der Waals surface area (Å²) in [7, 11) is -9.91. The van der Waals surface area contributed by atoms with E-state index in [4.69, 9.17) is 37.0 Å². The van der Waals surface area contributed by atoms with Gasteiger partial charge < -0.3 is 33.8 Å². The maximum absolute atomic E-state index is 13.1. The standard InChI is InChI=1S/C77H150O17P2/c1-5-9-13-17-21-25-29-32-33-34-35-36-37-38-40-44-48-52-56-60-64-77(82)94-73(68-88-75(80)62-58-54-50-46-43-39-30-26-22-18-14-10-6-2)70-92-96(85,86)90-66-71(78)65-89-95(83,84)91-69-72(67-87-74(79)61-57-53-49-45-41-28-24-20-16-12-8-4)93-76(81)63-59-55-51-47-42-31-27-23-19-15-11-7-3/h71-73,78H,5-70H2,1-4H3,(H,83,84)(H,85,86)/t71-,72+,73+/m0/s1. The Morgan fingerprint density at radius 2 is 0.417 bits per heavy atom. The number of phosphoric acid groups is 2. The normalized spacial score (nSPS) is 13.9. The van der Waals surface area contributed by atoms with Crippen molar-refractivity contribution in [2.45, 2.75) is 431 Å². The molecule has 17 nitrogen and oxygen atoms in total. The van der Waals surface area contributed by atoms with Gasteiger partial charge in [-0.3, -0.25) is 37.3 Å². The molecule has 96 heavy (non-hydrogen) atoms. The highest BCUT2D eigenvalue weighted by molar-refractivity contribution is 7.47. The van der Waals surface area contributed by atoms with Gasteiger partial charge in [0.15, 0.2) is 12.2 Å². The number of hydrogen-bond donors (Lipinski definition) is 3. The van der Waals surface area contributed by atoms with Crippen molar-refractivity contribution < 1.29 is 80.2 Å². The molecule has 0 radical (unpaired) electrons. The smallest absolute Gasteiger partial charge is 0.462 e. The number of carbonyl (C=O) groups is 4. The second-order valence-corrected chi connectivity index (χ2v) is 30.7. The number of hydrogen-bond acceptors (Lipinski definition) is 15. The van der Waals surface area contributed by atoms with E-state index in [0.717, 1.165) is 89.9 Å². The number of phosphoric ester groups is 2. The minimum atomic E-state index is -4.96. The molecule has 0 rings (SSSR count). The molecule has 0 bridgehead atoms. The fourth-order valence-electron chi connectivity index (χ4n) is 11.9. The summed E-state index contributed by atoms with van der Waals surface area (Å²) >= 11 is 0. The van der Waals surface area contributed by atoms with E-state index >= 15 is 0 Å². The van der Waals surface area contributed by atoms with Crippen molar-refractivity contribution in [1.82, 2.24) is 0 Å². The molecule has 0 saturated heterocycles. The zero-order valence-corrected chi connectivity index (χ0v) is 64.1. The lowest BCUT2D eigenvalue weighted by Gasteiger charge is -2.21. The van der Waals surface area contributed by atoms with Crippen LogP contribution in [-0.2, 0) is 65.4 Å². The van der Waals surface area contributed by atoms with E-state index in [2.05, 4.69) is 27.7 Å². The van der Waals surface area contributed by atoms with Gasteiger partial charge in [0.05, 0.1) is 26.4 Å². The first-order valence-corrected chi connectivity index (χ1v) is 43.3. The van der Waals surface area contributed by atoms with Gasteiger partial charge in [-0.2, -0.15) is 0 Å². The minimum Gasteiger partial charge on any atom is -0.462 e. The number of rotatable bonds is 78. The summed E-state index contributed by atoms with van der Waals surface area (Å²) in [6.07, 6.45) is 62.3. The number of ether oxygens (including phenoxy) is 4. The lowest BCUT2D eigenvalue weighted by molar-refractivity contribution is -0.161. The molecule has 0 aliphatic rings. The topological polar surface area (TPSA) is 237 Å². The molecule has 0 fully saturated rings. The average Bonchev–Trinajstić information content (AvgIpc) is 1.22. The first-order chi connectivity index (χ1) is 46.7. The first kappa shape index (κ1) is 94.1. The van der Waals surface area contributed by atoms with Crippen LogP contribution in [0.4, 0.5) is 0 Å². The quantitative estimate of drug-likeness (QED) is 0.0222. The van der Waals surface area contributed by atoms with Crippen LogP contribution >= 0.6 is 15.6 Å². The average molecular weight is 1410 g/mol. The summed E-state index contributed by atoms with van der Waals surface area (Å²) in [4.78, 5) is 72.8. The lowest BCUT2D eigenvalue weighted by atomic mass is 10.0. The van der Waals surface area contributed by atoms with E-state index in [9.17, 15) is 43.2 Å². The maximum atomic E-state index is 13.1. The maximum Gasteiger partial charge on any atom is 0.472 e. The Bertz CT molecular complexity index is 1830. The van der Waals surface area contributed by atoms with Crippen molar-refractivity contribution in [2.24, 2.45) is 0 Å². The summed E-state index contributed by atoms with van der Waals surface area (Å²) in [6, 6.07) is 0. The monoisotopic (exact) mass is 1410 g/mol. The Balaban J connectivity index is 5.21. The molecule has 0 aromatic carbocycles. The molecule has 0 aromatic rings. The second-order valence-electron chi connectivity index (χ2n) is 27.7. The highest BCUT2D eigenvalue weighted by atomic mass is 31.2. The van der Waals surface area contributed by atoms with E-state index in [0.29, 0.717) is 25.7 Å². The molecule has 2 unspecified atom stereocenters. The number of unbranched alkanes of at least 4 members (excludes halogenated alkanes) is 52. The van der Waals surface area contributed by atoms with Gasteiger partial charge in [0.1, 0.15) is 19.3 Å². The largest absolute Gasteiger partial charge is 0.472 e. The molecular formula is C77H150O17P2. The predicted octanol–water partition coefficient (Wildman–Crippen LogP) is 23.0. The highest BCUT2D eigenvalue weighted by Gasteiger charge is 2.30. The van der Waals surface area contributed by atoms with Crippen LogP contribution < -0.4 is 0 Å². The van der Waals surface area contributed by atoms with E-state index in [1.807, 2.05) is 0 Å². The Morgan fingerprint density at radius 1 is 0.250 bits per heavy atom. The molecule has 0 aliphatic heterocycles. The van der Waals surface area contributed by atoms with Crippen LogP contribution in [0.15, 0.2) is 0 Å². The third kappa shape index (κ3) is 70.5. The van der Waals surface area contributed by atoms with Crippen molar-refractivity contribution >= 4 is 39.5 Å². The van der Waals surface area contributed by atoms with E-state index < -0.39 is 97.5 Å². The van der Waals surface area contributed by atoms with Crippen LogP contribution in [0.5, 0.6) is 0 Å². The van der Waals surface area contributed by atoms with Crippen LogP contribution in [0.25, 0.3) is 0 Å². The predicted molar refractivity (Wildman–Crippen MR) is 391 cm³/mol. The Hall–Kier alpha value is -1.94. The van der Waals surface area contributed by atoms with Gasteiger partial charge in [0, 0.05) is 25.7 Å². The van der Waals surface area contributed by atoms with Crippen molar-refractivity contribution in [1.29, 1.82) is 0 Å². The van der Waals surface area contributed by atoms with Crippen molar-refractivity contribution in [3.05, 3.63) is 0 Å². The Labute approximate surface area is 588 Å². The molecule has 0 spiro atoms. The molecule has 19 heteroatoms. The van der Waals surface area contributed by atoms with Gasteiger partial charge in [-0.1, -0.05) is 362 Å². The third-order valence-corrected chi connectivity index (χ3v) is 20.0. The van der Waals surface area contributed by atoms with E-state index in [1.54, 1.807) is 0 Å². The summed E-state index contributed by atoms with van der Waals surface area (Å²) in [6.45, 7) is 5.00. The van der Waals surface area contributed by atoms with Crippen LogP contribution in [-0.4, -0.2) is 96.7 Å². The van der Waals surface area contributed by atoms with Crippen LogP contribution in [0.3, 0.4) is 0 Å². The number of aliphatic hydroxyl groups is 1. The molecule has 3 N–H and O–H groups in total. The molecule has 0 aliphatic carbocycles. The molecule has 0 heterocycles. The van der Waals surface area contributed by atoms with Gasteiger partial charge in [-0.05, 0) is 25.7 Å². The number of esters is 4.